The molecule has 0 fully saturated rings. The Balaban J connectivity index is 1.70. The molecule has 30 heavy (non-hydrogen) atoms. The van der Waals surface area contributed by atoms with Crippen LogP contribution in [-0.4, -0.2) is 28.1 Å². The Hall–Kier alpha value is -2.89. The number of anilines is 1. The Bertz CT molecular complexity index is 1250. The summed E-state index contributed by atoms with van der Waals surface area (Å²) < 4.78 is 1.51. The first-order valence-electron chi connectivity index (χ1n) is 9.52. The Morgan fingerprint density at radius 1 is 1.03 bits per heavy atom. The van der Waals surface area contributed by atoms with Crippen molar-refractivity contribution in [2.45, 2.75) is 6.42 Å². The molecular formula is C23H20Cl2N4O. The van der Waals surface area contributed by atoms with Crippen LogP contribution in [0.3, 0.4) is 0 Å². The van der Waals surface area contributed by atoms with Crippen molar-refractivity contribution < 1.29 is 0 Å². The summed E-state index contributed by atoms with van der Waals surface area (Å²) in [5, 5.41) is 1.59. The molecule has 0 radical (unpaired) electrons. The zero-order valence-corrected chi connectivity index (χ0v) is 18.2. The summed E-state index contributed by atoms with van der Waals surface area (Å²) in [4.78, 5) is 24.2. The molecule has 0 spiro atoms. The molecule has 0 N–H and O–H groups in total. The summed E-state index contributed by atoms with van der Waals surface area (Å²) in [6.45, 7) is 0.761. The number of nitrogens with zero attached hydrogens (tertiary/aromatic N) is 4. The molecule has 7 heteroatoms. The zero-order chi connectivity index (χ0) is 21.3. The fraction of sp³-hybridized carbons (Fsp3) is 0.174. The van der Waals surface area contributed by atoms with Crippen LogP contribution in [0.25, 0.3) is 22.2 Å². The van der Waals surface area contributed by atoms with Gasteiger partial charge in [0.25, 0.3) is 5.56 Å². The molecule has 4 aromatic rings. The van der Waals surface area contributed by atoms with Gasteiger partial charge in [0.2, 0.25) is 5.95 Å². The summed E-state index contributed by atoms with van der Waals surface area (Å²) in [6, 6.07) is 17.2. The molecule has 5 nitrogen and oxygen atoms in total. The van der Waals surface area contributed by atoms with Gasteiger partial charge < -0.3 is 4.90 Å². The van der Waals surface area contributed by atoms with Gasteiger partial charge in [0.1, 0.15) is 5.65 Å². The molecule has 0 aliphatic heterocycles. The van der Waals surface area contributed by atoms with Crippen molar-refractivity contribution in [3.05, 3.63) is 86.8 Å². The molecule has 0 unspecified atom stereocenters. The van der Waals surface area contributed by atoms with Crippen molar-refractivity contribution in [1.82, 2.24) is 14.5 Å². The van der Waals surface area contributed by atoms with E-state index in [1.165, 1.54) is 10.1 Å². The molecular weight excluding hydrogens is 419 g/mol. The molecule has 0 aliphatic rings. The van der Waals surface area contributed by atoms with Crippen molar-refractivity contribution in [3.63, 3.8) is 0 Å². The third-order valence-electron chi connectivity index (χ3n) is 5.09. The summed E-state index contributed by atoms with van der Waals surface area (Å²) in [5.41, 5.74) is 2.54. The minimum atomic E-state index is -0.214. The van der Waals surface area contributed by atoms with Gasteiger partial charge >= 0.3 is 0 Å². The fourth-order valence-corrected chi connectivity index (χ4v) is 4.00. The van der Waals surface area contributed by atoms with Crippen LogP contribution in [0.15, 0.2) is 65.6 Å². The van der Waals surface area contributed by atoms with E-state index in [2.05, 4.69) is 22.1 Å². The molecule has 2 aromatic heterocycles. The summed E-state index contributed by atoms with van der Waals surface area (Å²) in [6.07, 6.45) is 2.60. The summed E-state index contributed by atoms with van der Waals surface area (Å²) in [5.74, 6) is 0.567. The lowest BCUT2D eigenvalue weighted by Gasteiger charge is -2.18. The van der Waals surface area contributed by atoms with E-state index >= 15 is 0 Å². The third-order valence-corrected chi connectivity index (χ3v) is 5.72. The Kier molecular flexibility index (Phi) is 5.75. The highest BCUT2D eigenvalue weighted by Crippen LogP contribution is 2.33. The minimum absolute atomic E-state index is 0.214. The third kappa shape index (κ3) is 3.91. The normalized spacial score (nSPS) is 11.1. The van der Waals surface area contributed by atoms with Crippen LogP contribution < -0.4 is 10.5 Å². The minimum Gasteiger partial charge on any atom is -0.343 e. The monoisotopic (exact) mass is 438 g/mol. The highest BCUT2D eigenvalue weighted by Gasteiger charge is 2.16. The van der Waals surface area contributed by atoms with Gasteiger partial charge in [-0.3, -0.25) is 9.36 Å². The second kappa shape index (κ2) is 8.46. The highest BCUT2D eigenvalue weighted by molar-refractivity contribution is 6.39. The summed E-state index contributed by atoms with van der Waals surface area (Å²) >= 11 is 12.6. The number of halogens is 2. The quantitative estimate of drug-likeness (QED) is 0.440. The van der Waals surface area contributed by atoms with Gasteiger partial charge in [-0.2, -0.15) is 4.98 Å². The lowest BCUT2D eigenvalue weighted by molar-refractivity contribution is 0.828. The van der Waals surface area contributed by atoms with Gasteiger partial charge in [-0.15, -0.1) is 0 Å². The largest absolute Gasteiger partial charge is 0.343 e. The molecule has 4 rings (SSSR count). The molecule has 0 bridgehead atoms. The number of benzene rings is 2. The number of rotatable bonds is 5. The predicted molar refractivity (Wildman–Crippen MR) is 124 cm³/mol. The van der Waals surface area contributed by atoms with E-state index in [1.807, 2.05) is 30.1 Å². The molecule has 0 amide bonds. The van der Waals surface area contributed by atoms with E-state index in [0.29, 0.717) is 32.8 Å². The van der Waals surface area contributed by atoms with Gasteiger partial charge in [0.05, 0.1) is 15.6 Å². The molecule has 2 aromatic carbocycles. The van der Waals surface area contributed by atoms with E-state index in [9.17, 15) is 4.79 Å². The average Bonchev–Trinajstić information content (AvgIpc) is 2.75. The maximum absolute atomic E-state index is 13.1. The maximum Gasteiger partial charge on any atom is 0.259 e. The molecule has 0 saturated heterocycles. The predicted octanol–water partition coefficient (Wildman–Crippen LogP) is 4.98. The molecule has 152 valence electrons. The van der Waals surface area contributed by atoms with Crippen molar-refractivity contribution >= 4 is 40.2 Å². The number of aromatic nitrogens is 3. The van der Waals surface area contributed by atoms with E-state index in [-0.39, 0.29) is 5.56 Å². The topological polar surface area (TPSA) is 51.0 Å². The standard InChI is InChI=1S/C23H20Cl2N4O/c1-28(12-11-15-7-4-3-5-8-15)23-26-14-16-13-17(22(30)29(2)21(16)27-23)20-18(24)9-6-10-19(20)25/h3-10,13-14H,11-12H2,1-2H3. The number of likely N-dealkylation sites (N-methyl/N-ethyl adjacent to an activating group) is 1. The Morgan fingerprint density at radius 3 is 2.43 bits per heavy atom. The maximum atomic E-state index is 13.1. The van der Waals surface area contributed by atoms with Crippen LogP contribution in [0.2, 0.25) is 10.0 Å². The number of aryl methyl sites for hydroxylation is 1. The first-order valence-corrected chi connectivity index (χ1v) is 10.3. The average molecular weight is 439 g/mol. The number of pyridine rings is 1. The van der Waals surface area contributed by atoms with Crippen LogP contribution in [0.1, 0.15) is 5.56 Å². The van der Waals surface area contributed by atoms with Crippen molar-refractivity contribution in [3.8, 4) is 11.1 Å². The van der Waals surface area contributed by atoms with Crippen LogP contribution in [0.5, 0.6) is 0 Å². The fourth-order valence-electron chi connectivity index (χ4n) is 3.40. The number of hydrogen-bond acceptors (Lipinski definition) is 4. The van der Waals surface area contributed by atoms with Gasteiger partial charge in [-0.25, -0.2) is 4.98 Å². The van der Waals surface area contributed by atoms with E-state index < -0.39 is 0 Å². The van der Waals surface area contributed by atoms with Gasteiger partial charge in [-0.1, -0.05) is 59.6 Å². The first kappa shape index (κ1) is 20.4. The second-order valence-corrected chi connectivity index (χ2v) is 7.94. The van der Waals surface area contributed by atoms with Crippen LogP contribution in [0.4, 0.5) is 5.95 Å². The lowest BCUT2D eigenvalue weighted by atomic mass is 10.1. The summed E-state index contributed by atoms with van der Waals surface area (Å²) in [7, 11) is 3.64. The van der Waals surface area contributed by atoms with E-state index in [4.69, 9.17) is 23.2 Å². The highest BCUT2D eigenvalue weighted by atomic mass is 35.5. The van der Waals surface area contributed by atoms with Crippen molar-refractivity contribution in [2.24, 2.45) is 7.05 Å². The van der Waals surface area contributed by atoms with Gasteiger partial charge in [-0.05, 0) is 30.2 Å². The molecule has 0 atom stereocenters. The number of hydrogen-bond donors (Lipinski definition) is 0. The van der Waals surface area contributed by atoms with Crippen LogP contribution in [0, 0.1) is 0 Å². The van der Waals surface area contributed by atoms with E-state index in [0.717, 1.165) is 18.4 Å². The Labute approximate surface area is 184 Å². The molecule has 2 heterocycles. The van der Waals surface area contributed by atoms with Crippen LogP contribution >= 0.6 is 23.2 Å². The number of fused-ring (bicyclic) bond motifs is 1. The van der Waals surface area contributed by atoms with Crippen molar-refractivity contribution in [1.29, 1.82) is 0 Å². The van der Waals surface area contributed by atoms with Gasteiger partial charge in [0, 0.05) is 37.8 Å². The van der Waals surface area contributed by atoms with Crippen LogP contribution in [-0.2, 0) is 13.5 Å². The molecule has 0 aliphatic carbocycles. The van der Waals surface area contributed by atoms with Gasteiger partial charge in [0.15, 0.2) is 0 Å². The zero-order valence-electron chi connectivity index (χ0n) is 16.6. The lowest BCUT2D eigenvalue weighted by Crippen LogP contribution is -2.24. The smallest absolute Gasteiger partial charge is 0.259 e. The molecule has 0 saturated carbocycles. The van der Waals surface area contributed by atoms with E-state index in [1.54, 1.807) is 37.5 Å². The SMILES string of the molecule is CN(CCc1ccccc1)c1ncc2cc(-c3c(Cl)cccc3Cl)c(=O)n(C)c2n1. The first-order chi connectivity index (χ1) is 14.5. The van der Waals surface area contributed by atoms with Crippen molar-refractivity contribution in [2.75, 3.05) is 18.5 Å². The Morgan fingerprint density at radius 2 is 1.73 bits per heavy atom. The second-order valence-electron chi connectivity index (χ2n) is 7.12.